The van der Waals surface area contributed by atoms with Gasteiger partial charge in [-0.25, -0.2) is 0 Å². The van der Waals surface area contributed by atoms with Crippen LogP contribution in [0.25, 0.3) is 0 Å². The normalized spacial score (nSPS) is 13.7. The SMILES string of the molecule is CNC(CS(=O)c1ccc(Br)cc1)c1ccc(OC)cc1. The van der Waals surface area contributed by atoms with E-state index in [4.69, 9.17) is 4.74 Å². The Balaban J connectivity index is 2.10. The number of rotatable bonds is 6. The van der Waals surface area contributed by atoms with Crippen LogP contribution in [0.15, 0.2) is 57.9 Å². The quantitative estimate of drug-likeness (QED) is 0.848. The molecule has 1 N–H and O–H groups in total. The third-order valence-corrected chi connectivity index (χ3v) is 5.22. The first kappa shape index (κ1) is 16.2. The monoisotopic (exact) mass is 367 g/mol. The van der Waals surface area contributed by atoms with E-state index in [1.807, 2.05) is 55.6 Å². The van der Waals surface area contributed by atoms with Crippen LogP contribution in [0.4, 0.5) is 0 Å². The van der Waals surface area contributed by atoms with E-state index in [-0.39, 0.29) is 6.04 Å². The molecule has 0 aliphatic heterocycles. The molecule has 0 aliphatic carbocycles. The maximum Gasteiger partial charge on any atom is 0.118 e. The Morgan fingerprint density at radius 2 is 1.76 bits per heavy atom. The van der Waals surface area contributed by atoms with E-state index in [9.17, 15) is 4.21 Å². The minimum Gasteiger partial charge on any atom is -0.497 e. The summed E-state index contributed by atoms with van der Waals surface area (Å²) >= 11 is 3.39. The van der Waals surface area contributed by atoms with Crippen molar-refractivity contribution in [3.05, 3.63) is 58.6 Å². The number of methoxy groups -OCH3 is 1. The zero-order valence-electron chi connectivity index (χ0n) is 12.0. The zero-order chi connectivity index (χ0) is 15.2. The highest BCUT2D eigenvalue weighted by molar-refractivity contribution is 9.10. The first-order valence-corrected chi connectivity index (χ1v) is 8.70. The molecule has 0 heterocycles. The molecule has 21 heavy (non-hydrogen) atoms. The zero-order valence-corrected chi connectivity index (χ0v) is 14.4. The van der Waals surface area contributed by atoms with Gasteiger partial charge in [0.25, 0.3) is 0 Å². The summed E-state index contributed by atoms with van der Waals surface area (Å²) in [6.07, 6.45) is 0. The highest BCUT2D eigenvalue weighted by Crippen LogP contribution is 2.21. The summed E-state index contributed by atoms with van der Waals surface area (Å²) in [5.41, 5.74) is 1.10. The smallest absolute Gasteiger partial charge is 0.118 e. The molecular weight excluding hydrogens is 350 g/mol. The minimum atomic E-state index is -1.04. The fourth-order valence-electron chi connectivity index (χ4n) is 2.02. The number of ether oxygens (including phenoxy) is 1. The third-order valence-electron chi connectivity index (χ3n) is 3.26. The highest BCUT2D eigenvalue weighted by Gasteiger charge is 2.14. The number of benzene rings is 2. The van der Waals surface area contributed by atoms with Crippen LogP contribution in [0.1, 0.15) is 11.6 Å². The van der Waals surface area contributed by atoms with Crippen molar-refractivity contribution in [3.8, 4) is 5.75 Å². The number of halogens is 1. The van der Waals surface area contributed by atoms with Crippen LogP contribution in [0.2, 0.25) is 0 Å². The Morgan fingerprint density at radius 1 is 1.14 bits per heavy atom. The maximum absolute atomic E-state index is 12.5. The van der Waals surface area contributed by atoms with E-state index < -0.39 is 10.8 Å². The molecule has 0 fully saturated rings. The molecule has 0 spiro atoms. The second-order valence-electron chi connectivity index (χ2n) is 4.58. The van der Waals surface area contributed by atoms with Crippen LogP contribution >= 0.6 is 15.9 Å². The standard InChI is InChI=1S/C16H18BrNO2S/c1-18-16(12-3-7-14(20-2)8-4-12)11-21(19)15-9-5-13(17)6-10-15/h3-10,16,18H,11H2,1-2H3. The molecule has 0 radical (unpaired) electrons. The van der Waals surface area contributed by atoms with Gasteiger partial charge in [-0.15, -0.1) is 0 Å². The lowest BCUT2D eigenvalue weighted by molar-refractivity contribution is 0.414. The molecule has 2 aromatic carbocycles. The second kappa shape index (κ2) is 7.73. The molecule has 112 valence electrons. The Bertz CT molecular complexity index is 599. The van der Waals surface area contributed by atoms with E-state index in [0.717, 1.165) is 20.7 Å². The fourth-order valence-corrected chi connectivity index (χ4v) is 3.57. The molecule has 0 amide bonds. The van der Waals surface area contributed by atoms with E-state index in [1.165, 1.54) is 0 Å². The van der Waals surface area contributed by atoms with Gasteiger partial charge in [0.15, 0.2) is 0 Å². The van der Waals surface area contributed by atoms with Crippen LogP contribution in [0.5, 0.6) is 5.75 Å². The molecule has 0 aromatic heterocycles. The molecule has 2 aromatic rings. The lowest BCUT2D eigenvalue weighted by Crippen LogP contribution is -2.22. The maximum atomic E-state index is 12.5. The lowest BCUT2D eigenvalue weighted by atomic mass is 10.1. The minimum absolute atomic E-state index is 0.0420. The number of hydrogen-bond acceptors (Lipinski definition) is 3. The summed E-state index contributed by atoms with van der Waals surface area (Å²) < 4.78 is 18.6. The van der Waals surface area contributed by atoms with Crippen molar-refractivity contribution in [2.75, 3.05) is 19.9 Å². The van der Waals surface area contributed by atoms with Crippen molar-refractivity contribution in [2.45, 2.75) is 10.9 Å². The van der Waals surface area contributed by atoms with Crippen molar-refractivity contribution < 1.29 is 8.95 Å². The van der Waals surface area contributed by atoms with Crippen LogP contribution in [0, 0.1) is 0 Å². The molecule has 2 unspecified atom stereocenters. The molecule has 3 nitrogen and oxygen atoms in total. The average Bonchev–Trinajstić information content (AvgIpc) is 2.53. The Kier molecular flexibility index (Phi) is 5.96. The number of hydrogen-bond donors (Lipinski definition) is 1. The van der Waals surface area contributed by atoms with Gasteiger partial charge in [-0.05, 0) is 49.0 Å². The largest absolute Gasteiger partial charge is 0.497 e. The van der Waals surface area contributed by atoms with Gasteiger partial charge < -0.3 is 10.1 Å². The predicted molar refractivity (Wildman–Crippen MR) is 90.2 cm³/mol. The Morgan fingerprint density at radius 3 is 2.29 bits per heavy atom. The summed E-state index contributed by atoms with van der Waals surface area (Å²) in [5, 5.41) is 3.22. The van der Waals surface area contributed by atoms with Crippen LogP contribution < -0.4 is 10.1 Å². The van der Waals surface area contributed by atoms with Gasteiger partial charge in [0, 0.05) is 21.2 Å². The summed E-state index contributed by atoms with van der Waals surface area (Å²) in [7, 11) is 2.48. The van der Waals surface area contributed by atoms with Gasteiger partial charge >= 0.3 is 0 Å². The van der Waals surface area contributed by atoms with Crippen molar-refractivity contribution in [3.63, 3.8) is 0 Å². The molecule has 5 heteroatoms. The van der Waals surface area contributed by atoms with Crippen LogP contribution in [-0.2, 0) is 10.8 Å². The van der Waals surface area contributed by atoms with E-state index in [1.54, 1.807) is 7.11 Å². The lowest BCUT2D eigenvalue weighted by Gasteiger charge is -2.16. The average molecular weight is 368 g/mol. The molecule has 0 saturated heterocycles. The van der Waals surface area contributed by atoms with E-state index in [2.05, 4.69) is 21.2 Å². The molecular formula is C16H18BrNO2S. The first-order valence-electron chi connectivity index (χ1n) is 6.59. The van der Waals surface area contributed by atoms with Gasteiger partial charge in [0.1, 0.15) is 5.75 Å². The van der Waals surface area contributed by atoms with Crippen LogP contribution in [0.3, 0.4) is 0 Å². The van der Waals surface area contributed by atoms with Gasteiger partial charge in [-0.1, -0.05) is 28.1 Å². The van der Waals surface area contributed by atoms with Crippen molar-refractivity contribution in [1.29, 1.82) is 0 Å². The predicted octanol–water partition coefficient (Wildman–Crippen LogP) is 3.53. The summed E-state index contributed by atoms with van der Waals surface area (Å²) in [4.78, 5) is 0.840. The van der Waals surface area contributed by atoms with E-state index in [0.29, 0.717) is 5.75 Å². The molecule has 0 bridgehead atoms. The number of nitrogens with one attached hydrogen (secondary N) is 1. The van der Waals surface area contributed by atoms with E-state index >= 15 is 0 Å². The van der Waals surface area contributed by atoms with Gasteiger partial charge in [0.05, 0.1) is 17.9 Å². The first-order chi connectivity index (χ1) is 10.1. The molecule has 0 saturated carbocycles. The summed E-state index contributed by atoms with van der Waals surface area (Å²) in [6, 6.07) is 15.5. The summed E-state index contributed by atoms with van der Waals surface area (Å²) in [6.45, 7) is 0. The second-order valence-corrected chi connectivity index (χ2v) is 6.99. The Hall–Kier alpha value is -1.17. The topological polar surface area (TPSA) is 38.3 Å². The molecule has 0 aliphatic rings. The Labute approximate surface area is 136 Å². The van der Waals surface area contributed by atoms with Crippen molar-refractivity contribution >= 4 is 26.7 Å². The molecule has 2 atom stereocenters. The third kappa shape index (κ3) is 4.40. The van der Waals surface area contributed by atoms with Gasteiger partial charge in [0.2, 0.25) is 0 Å². The van der Waals surface area contributed by atoms with Crippen molar-refractivity contribution in [2.24, 2.45) is 0 Å². The van der Waals surface area contributed by atoms with Crippen LogP contribution in [-0.4, -0.2) is 24.1 Å². The van der Waals surface area contributed by atoms with Gasteiger partial charge in [-0.3, -0.25) is 4.21 Å². The fraction of sp³-hybridized carbons (Fsp3) is 0.250. The van der Waals surface area contributed by atoms with Crippen molar-refractivity contribution in [1.82, 2.24) is 5.32 Å². The highest BCUT2D eigenvalue weighted by atomic mass is 79.9. The molecule has 2 rings (SSSR count). The van der Waals surface area contributed by atoms with Gasteiger partial charge in [-0.2, -0.15) is 0 Å². The summed E-state index contributed by atoms with van der Waals surface area (Å²) in [5.74, 6) is 1.35.